The Kier molecular flexibility index (Phi) is 5.32. The first-order valence-electron chi connectivity index (χ1n) is 9.08. The molecule has 1 N–H and O–H groups in total. The summed E-state index contributed by atoms with van der Waals surface area (Å²) in [6, 6.07) is 7.55. The van der Waals surface area contributed by atoms with Crippen molar-refractivity contribution in [3.05, 3.63) is 41.0 Å². The molecule has 0 aliphatic carbocycles. The van der Waals surface area contributed by atoms with Gasteiger partial charge in [0, 0.05) is 43.6 Å². The van der Waals surface area contributed by atoms with Gasteiger partial charge in [-0.15, -0.1) is 0 Å². The first kappa shape index (κ1) is 18.5. The molecule has 1 spiro atoms. The van der Waals surface area contributed by atoms with Crippen molar-refractivity contribution in [3.63, 3.8) is 0 Å². The Balaban J connectivity index is 1.77. The van der Waals surface area contributed by atoms with Crippen LogP contribution in [0.25, 0.3) is 0 Å². The summed E-state index contributed by atoms with van der Waals surface area (Å²) >= 11 is 0. The lowest BCUT2D eigenvalue weighted by Crippen LogP contribution is -2.48. The van der Waals surface area contributed by atoms with Crippen LogP contribution in [0.4, 0.5) is 0 Å². The SMILES string of the molecule is CCN1CCC2(CC1)OC(=O)C(C)=C2C(=O)NCc1ccccc1OC. The van der Waals surface area contributed by atoms with Crippen molar-refractivity contribution < 1.29 is 19.1 Å². The third-order valence-electron chi connectivity index (χ3n) is 5.39. The number of carbonyl (C=O) groups is 2. The lowest BCUT2D eigenvalue weighted by molar-refractivity contribution is -0.150. The fourth-order valence-electron chi connectivity index (χ4n) is 3.82. The summed E-state index contributed by atoms with van der Waals surface area (Å²) in [6.45, 7) is 6.73. The minimum atomic E-state index is -0.780. The Morgan fingerprint density at radius 2 is 2.00 bits per heavy atom. The molecule has 140 valence electrons. The molecular weight excluding hydrogens is 332 g/mol. The van der Waals surface area contributed by atoms with Gasteiger partial charge < -0.3 is 19.7 Å². The second-order valence-electron chi connectivity index (χ2n) is 6.81. The molecule has 1 amide bonds. The van der Waals surface area contributed by atoms with Crippen LogP contribution in [-0.4, -0.2) is 49.1 Å². The number of esters is 1. The minimum Gasteiger partial charge on any atom is -0.496 e. The lowest BCUT2D eigenvalue weighted by Gasteiger charge is -2.39. The molecule has 6 heteroatoms. The van der Waals surface area contributed by atoms with Crippen LogP contribution in [0.15, 0.2) is 35.4 Å². The molecule has 2 aliphatic rings. The summed E-state index contributed by atoms with van der Waals surface area (Å²) in [5.74, 6) is 0.116. The van der Waals surface area contributed by atoms with Crippen molar-refractivity contribution in [2.75, 3.05) is 26.7 Å². The second kappa shape index (κ2) is 7.50. The van der Waals surface area contributed by atoms with Gasteiger partial charge in [0.25, 0.3) is 5.91 Å². The van der Waals surface area contributed by atoms with Crippen molar-refractivity contribution in [1.82, 2.24) is 10.2 Å². The molecule has 26 heavy (non-hydrogen) atoms. The maximum absolute atomic E-state index is 12.9. The number of para-hydroxylation sites is 1. The second-order valence-corrected chi connectivity index (χ2v) is 6.81. The number of nitrogens with zero attached hydrogens (tertiary/aromatic N) is 1. The lowest BCUT2D eigenvalue weighted by atomic mass is 9.82. The number of amides is 1. The third kappa shape index (κ3) is 3.33. The number of nitrogens with one attached hydrogen (secondary N) is 1. The molecule has 0 bridgehead atoms. The molecule has 6 nitrogen and oxygen atoms in total. The van der Waals surface area contributed by atoms with E-state index in [-0.39, 0.29) is 11.9 Å². The van der Waals surface area contributed by atoms with Crippen molar-refractivity contribution in [1.29, 1.82) is 0 Å². The van der Waals surface area contributed by atoms with Crippen LogP contribution in [0.5, 0.6) is 5.75 Å². The van der Waals surface area contributed by atoms with E-state index < -0.39 is 5.60 Å². The smallest absolute Gasteiger partial charge is 0.335 e. The highest BCUT2D eigenvalue weighted by Crippen LogP contribution is 2.41. The Labute approximate surface area is 154 Å². The van der Waals surface area contributed by atoms with Crippen molar-refractivity contribution in [3.8, 4) is 5.75 Å². The zero-order valence-electron chi connectivity index (χ0n) is 15.6. The molecule has 2 heterocycles. The highest BCUT2D eigenvalue weighted by atomic mass is 16.6. The molecule has 0 unspecified atom stereocenters. The van der Waals surface area contributed by atoms with Gasteiger partial charge in [0.05, 0.1) is 12.7 Å². The summed E-state index contributed by atoms with van der Waals surface area (Å²) in [7, 11) is 1.60. The van der Waals surface area contributed by atoms with Crippen LogP contribution in [0.2, 0.25) is 0 Å². The van der Waals surface area contributed by atoms with Gasteiger partial charge >= 0.3 is 5.97 Å². The highest BCUT2D eigenvalue weighted by Gasteiger charge is 2.50. The van der Waals surface area contributed by atoms with Gasteiger partial charge in [0.15, 0.2) is 0 Å². The largest absolute Gasteiger partial charge is 0.496 e. The quantitative estimate of drug-likeness (QED) is 0.816. The summed E-state index contributed by atoms with van der Waals surface area (Å²) in [5.41, 5.74) is 1.03. The summed E-state index contributed by atoms with van der Waals surface area (Å²) < 4.78 is 11.0. The van der Waals surface area contributed by atoms with Crippen molar-refractivity contribution in [2.45, 2.75) is 38.8 Å². The molecule has 0 atom stereocenters. The van der Waals surface area contributed by atoms with E-state index >= 15 is 0 Å². The first-order valence-corrected chi connectivity index (χ1v) is 9.08. The average molecular weight is 358 g/mol. The Hall–Kier alpha value is -2.34. The number of likely N-dealkylation sites (tertiary alicyclic amines) is 1. The summed E-state index contributed by atoms with van der Waals surface area (Å²) in [6.07, 6.45) is 1.31. The van der Waals surface area contributed by atoms with Gasteiger partial charge in [0.1, 0.15) is 11.4 Å². The van der Waals surface area contributed by atoms with Crippen molar-refractivity contribution >= 4 is 11.9 Å². The van der Waals surface area contributed by atoms with Gasteiger partial charge in [-0.1, -0.05) is 25.1 Å². The van der Waals surface area contributed by atoms with Gasteiger partial charge in [-0.3, -0.25) is 4.79 Å². The normalized spacial score (nSPS) is 19.6. The molecule has 0 saturated carbocycles. The number of hydrogen-bond acceptors (Lipinski definition) is 5. The zero-order valence-corrected chi connectivity index (χ0v) is 15.6. The van der Waals surface area contributed by atoms with Crippen LogP contribution in [0.1, 0.15) is 32.3 Å². The number of ether oxygens (including phenoxy) is 2. The van der Waals surface area contributed by atoms with Crippen molar-refractivity contribution in [2.24, 2.45) is 0 Å². The Bertz CT molecular complexity index is 733. The number of methoxy groups -OCH3 is 1. The van der Waals surface area contributed by atoms with Crippen LogP contribution >= 0.6 is 0 Å². The van der Waals surface area contributed by atoms with Gasteiger partial charge in [-0.2, -0.15) is 0 Å². The van der Waals surface area contributed by atoms with Crippen LogP contribution in [0.3, 0.4) is 0 Å². The third-order valence-corrected chi connectivity index (χ3v) is 5.39. The summed E-state index contributed by atoms with van der Waals surface area (Å²) in [5, 5.41) is 2.94. The molecule has 3 rings (SSSR count). The van der Waals surface area contributed by atoms with E-state index in [4.69, 9.17) is 9.47 Å². The van der Waals surface area contributed by atoms with E-state index in [0.29, 0.717) is 30.5 Å². The van der Waals surface area contributed by atoms with Crippen LogP contribution < -0.4 is 10.1 Å². The minimum absolute atomic E-state index is 0.232. The number of benzene rings is 1. The Morgan fingerprint density at radius 1 is 1.31 bits per heavy atom. The molecule has 1 aromatic carbocycles. The number of carbonyl (C=O) groups excluding carboxylic acids is 2. The molecule has 1 saturated heterocycles. The van der Waals surface area contributed by atoms with E-state index in [1.165, 1.54) is 0 Å². The highest BCUT2D eigenvalue weighted by molar-refractivity contribution is 6.07. The number of hydrogen-bond donors (Lipinski definition) is 1. The van der Waals surface area contributed by atoms with E-state index in [9.17, 15) is 9.59 Å². The predicted molar refractivity (Wildman–Crippen MR) is 97.7 cm³/mol. The Morgan fingerprint density at radius 3 is 2.65 bits per heavy atom. The maximum atomic E-state index is 12.9. The standard InChI is InChI=1S/C20H26N2O4/c1-4-22-11-9-20(10-12-22)17(14(2)19(24)26-20)18(23)21-13-15-7-5-6-8-16(15)25-3/h5-8H,4,9-13H2,1-3H3,(H,21,23). The molecule has 0 radical (unpaired) electrons. The van der Waals surface area contributed by atoms with Gasteiger partial charge in [0.2, 0.25) is 0 Å². The van der Waals surface area contributed by atoms with E-state index in [1.807, 2.05) is 24.3 Å². The molecular formula is C20H26N2O4. The maximum Gasteiger partial charge on any atom is 0.335 e. The van der Waals surface area contributed by atoms with Gasteiger partial charge in [-0.05, 0) is 19.5 Å². The fraction of sp³-hybridized carbons (Fsp3) is 0.500. The van der Waals surface area contributed by atoms with Gasteiger partial charge in [-0.25, -0.2) is 4.79 Å². The first-order chi connectivity index (χ1) is 12.5. The molecule has 1 fully saturated rings. The number of piperidine rings is 1. The molecule has 0 aromatic heterocycles. The average Bonchev–Trinajstić information content (AvgIpc) is 2.90. The molecule has 2 aliphatic heterocycles. The fourth-order valence-corrected chi connectivity index (χ4v) is 3.82. The monoisotopic (exact) mass is 358 g/mol. The number of rotatable bonds is 5. The topological polar surface area (TPSA) is 67.9 Å². The summed E-state index contributed by atoms with van der Waals surface area (Å²) in [4.78, 5) is 27.4. The zero-order chi connectivity index (χ0) is 18.7. The predicted octanol–water partition coefficient (Wildman–Crippen LogP) is 2.04. The van der Waals surface area contributed by atoms with Crippen LogP contribution in [-0.2, 0) is 20.9 Å². The van der Waals surface area contributed by atoms with E-state index in [2.05, 4.69) is 17.1 Å². The van der Waals surface area contributed by atoms with Crippen LogP contribution in [0, 0.1) is 0 Å². The van der Waals surface area contributed by atoms with E-state index in [1.54, 1.807) is 14.0 Å². The molecule has 1 aromatic rings. The van der Waals surface area contributed by atoms with E-state index in [0.717, 1.165) is 30.9 Å².